The first-order valence-electron chi connectivity index (χ1n) is 11.5. The third-order valence-corrected chi connectivity index (χ3v) is 6.51. The van der Waals surface area contributed by atoms with E-state index in [9.17, 15) is 9.59 Å². The van der Waals surface area contributed by atoms with Crippen LogP contribution in [-0.2, 0) is 16.1 Å². The minimum Gasteiger partial charge on any atom is -0.386 e. The Balaban J connectivity index is 1.66. The molecule has 0 aromatic carbocycles. The minimum atomic E-state index is -0.352. The first-order chi connectivity index (χ1) is 16.4. The minimum absolute atomic E-state index is 0.0565. The number of amides is 1. The van der Waals surface area contributed by atoms with Crippen LogP contribution in [-0.4, -0.2) is 57.5 Å². The molecule has 2 aliphatic rings. The predicted octanol–water partition coefficient (Wildman–Crippen LogP) is 2.59. The van der Waals surface area contributed by atoms with Gasteiger partial charge in [-0.1, -0.05) is 0 Å². The molecule has 180 valence electrons. The summed E-state index contributed by atoms with van der Waals surface area (Å²) in [6.45, 7) is 5.35. The van der Waals surface area contributed by atoms with Crippen molar-refractivity contribution in [2.45, 2.75) is 51.5 Å². The number of rotatable bonds is 2. The first-order valence-corrected chi connectivity index (χ1v) is 11.5. The lowest BCUT2D eigenvalue weighted by atomic mass is 10.1. The number of pyridine rings is 2. The molecule has 0 saturated carbocycles. The Labute approximate surface area is 196 Å². The lowest BCUT2D eigenvalue weighted by molar-refractivity contribution is 0.0330. The Bertz CT molecular complexity index is 1280. The molecule has 4 bridgehead atoms. The molecule has 0 spiro atoms. The monoisotopic (exact) mass is 467 g/mol. The van der Waals surface area contributed by atoms with Crippen LogP contribution >= 0.6 is 0 Å². The van der Waals surface area contributed by atoms with E-state index in [1.807, 2.05) is 26.1 Å². The summed E-state index contributed by atoms with van der Waals surface area (Å²) in [6, 6.07) is 3.02. The topological polar surface area (TPSA) is 124 Å². The van der Waals surface area contributed by atoms with E-state index in [-0.39, 0.29) is 29.8 Å². The van der Waals surface area contributed by atoms with Crippen LogP contribution in [0.3, 0.4) is 0 Å². The van der Waals surface area contributed by atoms with Crippen LogP contribution in [0.25, 0.3) is 11.2 Å². The average molecular weight is 468 g/mol. The summed E-state index contributed by atoms with van der Waals surface area (Å²) < 4.78 is 14.7. The van der Waals surface area contributed by atoms with Gasteiger partial charge in [0.25, 0.3) is 5.56 Å². The van der Waals surface area contributed by atoms with Crippen molar-refractivity contribution in [3.05, 3.63) is 40.6 Å². The van der Waals surface area contributed by atoms with Gasteiger partial charge in [0.15, 0.2) is 5.65 Å². The number of carbonyl (C=O) groups excluding carboxylic acids is 1. The lowest BCUT2D eigenvalue weighted by Crippen LogP contribution is -2.43. The Morgan fingerprint density at radius 1 is 1.18 bits per heavy atom. The number of hydrogen-bond acceptors (Lipinski definition) is 8. The van der Waals surface area contributed by atoms with E-state index in [0.29, 0.717) is 48.2 Å². The summed E-state index contributed by atoms with van der Waals surface area (Å²) in [7, 11) is 1.77. The van der Waals surface area contributed by atoms with Gasteiger partial charge in [0.2, 0.25) is 0 Å². The molecule has 34 heavy (non-hydrogen) atoms. The van der Waals surface area contributed by atoms with Crippen LogP contribution < -0.4 is 21.5 Å². The zero-order valence-corrected chi connectivity index (χ0v) is 19.5. The first kappa shape index (κ1) is 22.4. The van der Waals surface area contributed by atoms with Crippen LogP contribution in [0.5, 0.6) is 0 Å². The predicted molar refractivity (Wildman–Crippen MR) is 128 cm³/mol. The molecular weight excluding hydrogens is 438 g/mol. The van der Waals surface area contributed by atoms with Gasteiger partial charge in [-0.25, -0.2) is 19.3 Å². The number of carbonyl (C=O) groups is 1. The summed E-state index contributed by atoms with van der Waals surface area (Å²) in [4.78, 5) is 35.4. The highest BCUT2D eigenvalue weighted by atomic mass is 16.5. The van der Waals surface area contributed by atoms with E-state index in [1.54, 1.807) is 17.7 Å². The molecule has 1 amide bonds. The van der Waals surface area contributed by atoms with Crippen LogP contribution in [0.1, 0.15) is 38.3 Å². The van der Waals surface area contributed by atoms with E-state index in [4.69, 9.17) is 9.47 Å². The van der Waals surface area contributed by atoms with Gasteiger partial charge in [-0.2, -0.15) is 0 Å². The van der Waals surface area contributed by atoms with E-state index in [1.165, 1.54) is 10.9 Å². The number of imidazole rings is 1. The molecular formula is C23H29N7O4. The number of nitrogens with zero attached hydrogens (tertiary/aromatic N) is 4. The number of fused-ring (bicyclic) bond motifs is 3. The third-order valence-electron chi connectivity index (χ3n) is 6.51. The molecule has 3 aromatic heterocycles. The largest absolute Gasteiger partial charge is 0.386 e. The van der Waals surface area contributed by atoms with Crippen LogP contribution in [0.15, 0.2) is 29.5 Å². The lowest BCUT2D eigenvalue weighted by Gasteiger charge is -2.26. The Hall–Kier alpha value is -3.44. The smallest absolute Gasteiger partial charge is 0.328 e. The van der Waals surface area contributed by atoms with Crippen molar-refractivity contribution < 1.29 is 14.3 Å². The molecule has 5 rings (SSSR count). The second-order valence-corrected chi connectivity index (χ2v) is 8.79. The summed E-state index contributed by atoms with van der Waals surface area (Å²) in [5, 5.41) is 9.25. The highest BCUT2D eigenvalue weighted by Gasteiger charge is 2.23. The van der Waals surface area contributed by atoms with Crippen molar-refractivity contribution in [2.75, 3.05) is 30.9 Å². The standard InChI is InChI=1S/C23H29N7O4/c1-13-14(2)34-11-15-8-18(22(31)29(10-15)16-4-6-33-7-5-16)27-19-9-17(24-3)20-21(28-19)30(12-25-20)23(32)26-13/h8-10,12-14,16H,4-7,11H2,1-3H3,(H,26,32)(H2,24,27,28)/t13-,14-/m1/s1. The summed E-state index contributed by atoms with van der Waals surface area (Å²) in [6.07, 6.45) is 4.60. The van der Waals surface area contributed by atoms with Gasteiger partial charge < -0.3 is 30.0 Å². The quantitative estimate of drug-likeness (QED) is 0.525. The molecule has 0 aliphatic carbocycles. The maximum Gasteiger partial charge on any atom is 0.328 e. The van der Waals surface area contributed by atoms with Crippen molar-refractivity contribution in [3.8, 4) is 0 Å². The van der Waals surface area contributed by atoms with Crippen molar-refractivity contribution in [1.82, 2.24) is 24.4 Å². The second-order valence-electron chi connectivity index (χ2n) is 8.79. The fraction of sp³-hybridized carbons (Fsp3) is 0.478. The van der Waals surface area contributed by atoms with Crippen LogP contribution in [0.2, 0.25) is 0 Å². The molecule has 11 nitrogen and oxygen atoms in total. The fourth-order valence-electron chi connectivity index (χ4n) is 4.35. The number of nitrogens with one attached hydrogen (secondary N) is 3. The van der Waals surface area contributed by atoms with Gasteiger partial charge in [0.1, 0.15) is 23.3 Å². The Morgan fingerprint density at radius 2 is 1.97 bits per heavy atom. The number of aromatic nitrogens is 4. The molecule has 2 atom stereocenters. The van der Waals surface area contributed by atoms with Gasteiger partial charge in [-0.05, 0) is 38.3 Å². The van der Waals surface area contributed by atoms with E-state index >= 15 is 0 Å². The van der Waals surface area contributed by atoms with Crippen molar-refractivity contribution in [3.63, 3.8) is 0 Å². The third kappa shape index (κ3) is 4.12. The van der Waals surface area contributed by atoms with E-state index < -0.39 is 0 Å². The second kappa shape index (κ2) is 9.07. The molecule has 11 heteroatoms. The molecule has 3 N–H and O–H groups in total. The maximum atomic E-state index is 13.5. The zero-order chi connectivity index (χ0) is 23.8. The van der Waals surface area contributed by atoms with Gasteiger partial charge in [-0.15, -0.1) is 0 Å². The van der Waals surface area contributed by atoms with Gasteiger partial charge in [0.05, 0.1) is 24.4 Å². The number of ether oxygens (including phenoxy) is 2. The van der Waals surface area contributed by atoms with Crippen LogP contribution in [0, 0.1) is 0 Å². The molecule has 2 aliphatic heterocycles. The molecule has 0 unspecified atom stereocenters. The molecule has 0 radical (unpaired) electrons. The highest BCUT2D eigenvalue weighted by Crippen LogP contribution is 2.27. The van der Waals surface area contributed by atoms with E-state index in [2.05, 4.69) is 25.9 Å². The molecule has 1 fully saturated rings. The summed E-state index contributed by atoms with van der Waals surface area (Å²) in [5.41, 5.74) is 2.75. The SMILES string of the molecule is CNc1cc2nc3c1ncn3C(=O)N[C@H](C)[C@@H](C)OCc1cc(c(=O)n(C3CCOCC3)c1)N2. The zero-order valence-electron chi connectivity index (χ0n) is 19.5. The Kier molecular flexibility index (Phi) is 5.96. The van der Waals surface area contributed by atoms with Gasteiger partial charge in [-0.3, -0.25) is 4.79 Å². The summed E-state index contributed by atoms with van der Waals surface area (Å²) >= 11 is 0. The normalized spacial score (nSPS) is 21.7. The molecule has 3 aromatic rings. The van der Waals surface area contributed by atoms with E-state index in [0.717, 1.165) is 18.4 Å². The van der Waals surface area contributed by atoms with Gasteiger partial charge >= 0.3 is 6.03 Å². The van der Waals surface area contributed by atoms with Crippen molar-refractivity contribution >= 4 is 34.4 Å². The fourth-order valence-corrected chi connectivity index (χ4v) is 4.35. The molecule has 5 heterocycles. The Morgan fingerprint density at radius 3 is 2.74 bits per heavy atom. The number of hydrogen-bond donors (Lipinski definition) is 3. The highest BCUT2D eigenvalue weighted by molar-refractivity contribution is 5.94. The van der Waals surface area contributed by atoms with Crippen LogP contribution in [0.4, 0.5) is 22.0 Å². The molecule has 1 saturated heterocycles. The summed E-state index contributed by atoms with van der Waals surface area (Å²) in [5.74, 6) is 0.429. The van der Waals surface area contributed by atoms with Crippen molar-refractivity contribution in [1.29, 1.82) is 0 Å². The average Bonchev–Trinajstić information content (AvgIpc) is 3.27. The number of anilines is 3. The van der Waals surface area contributed by atoms with Crippen molar-refractivity contribution in [2.24, 2.45) is 0 Å². The van der Waals surface area contributed by atoms with Gasteiger partial charge in [0, 0.05) is 38.6 Å². The maximum absolute atomic E-state index is 13.5.